The van der Waals surface area contributed by atoms with Gasteiger partial charge in [-0.25, -0.2) is 0 Å². The summed E-state index contributed by atoms with van der Waals surface area (Å²) in [5.74, 6) is 2.16. The van der Waals surface area contributed by atoms with Crippen LogP contribution in [0.3, 0.4) is 0 Å². The lowest BCUT2D eigenvalue weighted by atomic mass is 9.91. The Kier molecular flexibility index (Phi) is 8.30. The predicted molar refractivity (Wildman–Crippen MR) is 137 cm³/mol. The third-order valence-electron chi connectivity index (χ3n) is 6.46. The van der Waals surface area contributed by atoms with Crippen LogP contribution < -0.4 is 14.2 Å². The summed E-state index contributed by atoms with van der Waals surface area (Å²) < 4.78 is 17.7. The van der Waals surface area contributed by atoms with E-state index >= 15 is 0 Å². The zero-order valence-electron chi connectivity index (χ0n) is 20.5. The normalized spacial score (nSPS) is 13.8. The Morgan fingerprint density at radius 3 is 2.54 bits per heavy atom. The van der Waals surface area contributed by atoms with Crippen molar-refractivity contribution in [1.29, 1.82) is 0 Å². The van der Waals surface area contributed by atoms with Gasteiger partial charge < -0.3 is 19.3 Å². The molecule has 3 aromatic carbocycles. The number of benzene rings is 3. The molecule has 4 rings (SSSR count). The van der Waals surface area contributed by atoms with Gasteiger partial charge in [0.25, 0.3) is 0 Å². The molecule has 35 heavy (non-hydrogen) atoms. The van der Waals surface area contributed by atoms with Gasteiger partial charge >= 0.3 is 5.97 Å². The van der Waals surface area contributed by atoms with E-state index in [0.29, 0.717) is 19.1 Å². The first-order valence-corrected chi connectivity index (χ1v) is 12.4. The molecule has 1 saturated carbocycles. The maximum Gasteiger partial charge on any atom is 0.303 e. The van der Waals surface area contributed by atoms with E-state index in [2.05, 4.69) is 25.1 Å². The Hall–Kier alpha value is -3.47. The molecule has 0 unspecified atom stereocenters. The first-order chi connectivity index (χ1) is 17.1. The number of aliphatic carboxylic acids is 1. The molecule has 0 aliphatic heterocycles. The molecule has 1 aliphatic carbocycles. The maximum absolute atomic E-state index is 11.4. The van der Waals surface area contributed by atoms with Crippen LogP contribution in [0, 0.1) is 5.92 Å². The van der Waals surface area contributed by atoms with Crippen LogP contribution in [0.15, 0.2) is 66.7 Å². The largest absolute Gasteiger partial charge is 0.497 e. The third-order valence-corrected chi connectivity index (χ3v) is 6.46. The van der Waals surface area contributed by atoms with E-state index in [1.807, 2.05) is 48.5 Å². The Labute approximate surface area is 207 Å². The number of hydrogen-bond donors (Lipinski definition) is 1. The lowest BCUT2D eigenvalue weighted by molar-refractivity contribution is -0.137. The molecule has 0 radical (unpaired) electrons. The lowest BCUT2D eigenvalue weighted by Gasteiger charge is -2.17. The molecule has 0 spiro atoms. The fourth-order valence-corrected chi connectivity index (χ4v) is 4.38. The first-order valence-electron chi connectivity index (χ1n) is 12.4. The second-order valence-corrected chi connectivity index (χ2v) is 9.17. The van der Waals surface area contributed by atoms with Crippen LogP contribution in [0.1, 0.15) is 56.1 Å². The summed E-state index contributed by atoms with van der Waals surface area (Å²) >= 11 is 0. The maximum atomic E-state index is 11.4. The average molecular weight is 475 g/mol. The van der Waals surface area contributed by atoms with E-state index < -0.39 is 5.97 Å². The van der Waals surface area contributed by atoms with Gasteiger partial charge in [-0.05, 0) is 78.1 Å². The fraction of sp³-hybridized carbons (Fsp3) is 0.367. The van der Waals surface area contributed by atoms with Gasteiger partial charge in [0.15, 0.2) is 0 Å². The van der Waals surface area contributed by atoms with Crippen LogP contribution in [0.4, 0.5) is 0 Å². The zero-order chi connectivity index (χ0) is 24.6. The minimum Gasteiger partial charge on any atom is -0.497 e. The van der Waals surface area contributed by atoms with Crippen molar-refractivity contribution in [3.63, 3.8) is 0 Å². The van der Waals surface area contributed by atoms with Gasteiger partial charge in [-0.2, -0.15) is 0 Å². The SMILES string of the molecule is CCCCOc1cc(COc2cccc([C@@H](CC(=O)O)C3CC3)c2)ccc1-c1cccc(OC)c1. The highest BCUT2D eigenvalue weighted by Crippen LogP contribution is 2.45. The van der Waals surface area contributed by atoms with Crippen LogP contribution in [0.5, 0.6) is 17.2 Å². The predicted octanol–water partition coefficient (Wildman–Crippen LogP) is 7.09. The summed E-state index contributed by atoms with van der Waals surface area (Å²) in [4.78, 5) is 11.4. The minimum absolute atomic E-state index is 0.0526. The molecule has 1 aliphatic rings. The van der Waals surface area contributed by atoms with Crippen molar-refractivity contribution in [2.45, 2.75) is 51.6 Å². The molecule has 5 heteroatoms. The van der Waals surface area contributed by atoms with Crippen molar-refractivity contribution in [2.75, 3.05) is 13.7 Å². The summed E-state index contributed by atoms with van der Waals surface area (Å²) in [6, 6.07) is 22.0. The summed E-state index contributed by atoms with van der Waals surface area (Å²) in [6.07, 6.45) is 4.42. The average Bonchev–Trinajstić information content (AvgIpc) is 3.72. The monoisotopic (exact) mass is 474 g/mol. The van der Waals surface area contributed by atoms with Crippen molar-refractivity contribution < 1.29 is 24.1 Å². The standard InChI is InChI=1S/C30H34O5/c1-3-4-15-34-29-16-21(11-14-27(29)23-7-5-9-25(17-23)33-2)20-35-26-10-6-8-24(18-26)28(19-30(31)32)22-12-13-22/h5-11,14,16-18,22,28H,3-4,12-13,15,19-20H2,1-2H3,(H,31,32)/t28-/m0/s1. The van der Waals surface area contributed by atoms with Gasteiger partial charge in [-0.3, -0.25) is 4.79 Å². The van der Waals surface area contributed by atoms with Gasteiger partial charge in [-0.1, -0.05) is 49.7 Å². The third kappa shape index (κ3) is 6.78. The quantitative estimate of drug-likeness (QED) is 0.268. The highest BCUT2D eigenvalue weighted by Gasteiger charge is 2.33. The van der Waals surface area contributed by atoms with E-state index in [9.17, 15) is 9.90 Å². The van der Waals surface area contributed by atoms with Crippen molar-refractivity contribution in [2.24, 2.45) is 5.92 Å². The van der Waals surface area contributed by atoms with Crippen molar-refractivity contribution >= 4 is 5.97 Å². The molecule has 0 heterocycles. The summed E-state index contributed by atoms with van der Waals surface area (Å²) in [5.41, 5.74) is 4.12. The zero-order valence-corrected chi connectivity index (χ0v) is 20.5. The van der Waals surface area contributed by atoms with Crippen LogP contribution >= 0.6 is 0 Å². The van der Waals surface area contributed by atoms with Gasteiger partial charge in [0.2, 0.25) is 0 Å². The summed E-state index contributed by atoms with van der Waals surface area (Å²) in [7, 11) is 1.67. The number of hydrogen-bond acceptors (Lipinski definition) is 4. The smallest absolute Gasteiger partial charge is 0.303 e. The molecule has 1 atom stereocenters. The molecule has 0 amide bonds. The topological polar surface area (TPSA) is 65.0 Å². The number of carboxylic acid groups (broad SMARTS) is 1. The van der Waals surface area contributed by atoms with E-state index in [4.69, 9.17) is 14.2 Å². The van der Waals surface area contributed by atoms with E-state index in [1.165, 1.54) is 0 Å². The molecular weight excluding hydrogens is 440 g/mol. The lowest BCUT2D eigenvalue weighted by Crippen LogP contribution is -2.08. The van der Waals surface area contributed by atoms with Crippen molar-refractivity contribution in [1.82, 2.24) is 0 Å². The minimum atomic E-state index is -0.750. The molecule has 0 bridgehead atoms. The second-order valence-electron chi connectivity index (χ2n) is 9.17. The van der Waals surface area contributed by atoms with Gasteiger partial charge in [0.1, 0.15) is 23.9 Å². The van der Waals surface area contributed by atoms with Gasteiger partial charge in [0.05, 0.1) is 20.1 Å². The van der Waals surface area contributed by atoms with Crippen LogP contribution in [0.2, 0.25) is 0 Å². The molecule has 1 N–H and O–H groups in total. The highest BCUT2D eigenvalue weighted by atomic mass is 16.5. The molecule has 184 valence electrons. The van der Waals surface area contributed by atoms with E-state index in [-0.39, 0.29) is 12.3 Å². The summed E-state index contributed by atoms with van der Waals surface area (Å²) in [5, 5.41) is 9.33. The number of ether oxygens (including phenoxy) is 3. The molecule has 3 aromatic rings. The van der Waals surface area contributed by atoms with Crippen LogP contribution in [-0.4, -0.2) is 24.8 Å². The summed E-state index contributed by atoms with van der Waals surface area (Å²) in [6.45, 7) is 3.21. The van der Waals surface area contributed by atoms with Gasteiger partial charge in [-0.15, -0.1) is 0 Å². The van der Waals surface area contributed by atoms with Crippen LogP contribution in [-0.2, 0) is 11.4 Å². The molecule has 0 saturated heterocycles. The van der Waals surface area contributed by atoms with Crippen LogP contribution in [0.25, 0.3) is 11.1 Å². The first kappa shape index (κ1) is 24.6. The van der Waals surface area contributed by atoms with Crippen molar-refractivity contribution in [3.05, 3.63) is 77.9 Å². The molecule has 1 fully saturated rings. The number of carboxylic acids is 1. The Morgan fingerprint density at radius 2 is 1.80 bits per heavy atom. The Morgan fingerprint density at radius 1 is 1.00 bits per heavy atom. The second kappa shape index (κ2) is 11.8. The molecule has 5 nitrogen and oxygen atoms in total. The number of unbranched alkanes of at least 4 members (excludes halogenated alkanes) is 1. The highest BCUT2D eigenvalue weighted by molar-refractivity contribution is 5.72. The number of methoxy groups -OCH3 is 1. The Bertz CT molecular complexity index is 1140. The molecular formula is C30H34O5. The fourth-order valence-electron chi connectivity index (χ4n) is 4.38. The Balaban J connectivity index is 1.51. The number of carbonyl (C=O) groups is 1. The van der Waals surface area contributed by atoms with E-state index in [1.54, 1.807) is 7.11 Å². The van der Waals surface area contributed by atoms with Gasteiger partial charge in [0, 0.05) is 5.56 Å². The number of rotatable bonds is 13. The van der Waals surface area contributed by atoms with Crippen molar-refractivity contribution in [3.8, 4) is 28.4 Å². The molecule has 0 aromatic heterocycles. The van der Waals surface area contributed by atoms with E-state index in [0.717, 1.165) is 65.2 Å².